The summed E-state index contributed by atoms with van der Waals surface area (Å²) in [7, 11) is 3.41. The first kappa shape index (κ1) is 18.1. The lowest BCUT2D eigenvalue weighted by Gasteiger charge is -2.36. The maximum Gasteiger partial charge on any atom is 0.127 e. The molecule has 0 aromatic heterocycles. The van der Waals surface area contributed by atoms with Gasteiger partial charge in [0.05, 0.1) is 20.3 Å². The van der Waals surface area contributed by atoms with E-state index in [-0.39, 0.29) is 6.04 Å². The maximum atomic E-state index is 5.70. The van der Waals surface area contributed by atoms with Crippen molar-refractivity contribution in [2.45, 2.75) is 10.9 Å². The number of nitrogens with one attached hydrogen (secondary N) is 1. The van der Waals surface area contributed by atoms with Crippen LogP contribution in [0.25, 0.3) is 0 Å². The number of nitrogens with zero attached hydrogens (tertiary/aromatic N) is 1. The van der Waals surface area contributed by atoms with E-state index in [1.54, 1.807) is 26.0 Å². The number of thioether (sulfide) groups is 1. The average molecular weight is 359 g/mol. The first-order chi connectivity index (χ1) is 12.3. The van der Waals surface area contributed by atoms with Gasteiger partial charge in [-0.3, -0.25) is 4.90 Å². The summed E-state index contributed by atoms with van der Waals surface area (Å²) >= 11 is 1.77. The van der Waals surface area contributed by atoms with Crippen molar-refractivity contribution >= 4 is 11.8 Å². The molecular formula is C20H26N2O2S. The Morgan fingerprint density at radius 2 is 1.72 bits per heavy atom. The highest BCUT2D eigenvalue weighted by molar-refractivity contribution is 7.98. The maximum absolute atomic E-state index is 5.70. The number of methoxy groups -OCH3 is 2. The Labute approximate surface area is 154 Å². The van der Waals surface area contributed by atoms with Crippen molar-refractivity contribution in [2.24, 2.45) is 0 Å². The van der Waals surface area contributed by atoms with Crippen molar-refractivity contribution in [1.82, 2.24) is 10.2 Å². The Balaban J connectivity index is 2.03. The van der Waals surface area contributed by atoms with Crippen molar-refractivity contribution in [3.63, 3.8) is 0 Å². The van der Waals surface area contributed by atoms with E-state index in [2.05, 4.69) is 46.8 Å². The zero-order chi connectivity index (χ0) is 17.6. The molecule has 0 saturated carbocycles. The second-order valence-corrected chi connectivity index (χ2v) is 6.95. The minimum atomic E-state index is 0.180. The molecule has 1 unspecified atom stereocenters. The number of hydrogen-bond donors (Lipinski definition) is 1. The third kappa shape index (κ3) is 4.11. The number of hydrogen-bond acceptors (Lipinski definition) is 5. The Morgan fingerprint density at radius 1 is 1.00 bits per heavy atom. The summed E-state index contributed by atoms with van der Waals surface area (Å²) in [6, 6.07) is 15.2. The molecule has 2 aromatic carbocycles. The molecule has 1 heterocycles. The van der Waals surface area contributed by atoms with Crippen molar-refractivity contribution in [3.05, 3.63) is 53.6 Å². The number of piperazine rings is 1. The summed E-state index contributed by atoms with van der Waals surface area (Å²) in [4.78, 5) is 3.80. The summed E-state index contributed by atoms with van der Waals surface area (Å²) < 4.78 is 11.1. The van der Waals surface area contributed by atoms with Crippen molar-refractivity contribution in [3.8, 4) is 11.5 Å². The fourth-order valence-corrected chi connectivity index (χ4v) is 3.77. The van der Waals surface area contributed by atoms with Gasteiger partial charge in [-0.2, -0.15) is 0 Å². The van der Waals surface area contributed by atoms with Gasteiger partial charge in [-0.15, -0.1) is 11.8 Å². The number of ether oxygens (including phenoxy) is 2. The van der Waals surface area contributed by atoms with Crippen LogP contribution in [0.2, 0.25) is 0 Å². The van der Waals surface area contributed by atoms with Gasteiger partial charge in [-0.25, -0.2) is 0 Å². The molecule has 1 atom stereocenters. The van der Waals surface area contributed by atoms with Crippen LogP contribution in [0, 0.1) is 0 Å². The van der Waals surface area contributed by atoms with Crippen molar-refractivity contribution in [1.29, 1.82) is 0 Å². The minimum absolute atomic E-state index is 0.180. The van der Waals surface area contributed by atoms with Gasteiger partial charge in [0.25, 0.3) is 0 Å². The second kappa shape index (κ2) is 8.61. The van der Waals surface area contributed by atoms with Crippen LogP contribution in [-0.4, -0.2) is 51.6 Å². The van der Waals surface area contributed by atoms with Crippen LogP contribution in [0.1, 0.15) is 17.2 Å². The van der Waals surface area contributed by atoms with E-state index in [1.807, 2.05) is 12.1 Å². The van der Waals surface area contributed by atoms with Gasteiger partial charge in [0.15, 0.2) is 0 Å². The lowest BCUT2D eigenvalue weighted by molar-refractivity contribution is 0.195. The quantitative estimate of drug-likeness (QED) is 0.800. The molecule has 4 nitrogen and oxygen atoms in total. The highest BCUT2D eigenvalue weighted by atomic mass is 32.2. The topological polar surface area (TPSA) is 33.7 Å². The Hall–Kier alpha value is -1.69. The predicted octanol–water partition coefficient (Wildman–Crippen LogP) is 3.42. The monoisotopic (exact) mass is 358 g/mol. The van der Waals surface area contributed by atoms with Gasteiger partial charge in [0.2, 0.25) is 0 Å². The molecule has 0 bridgehead atoms. The van der Waals surface area contributed by atoms with E-state index in [0.717, 1.165) is 37.7 Å². The molecule has 1 saturated heterocycles. The van der Waals surface area contributed by atoms with Crippen LogP contribution in [0.15, 0.2) is 47.4 Å². The van der Waals surface area contributed by atoms with E-state index in [1.165, 1.54) is 16.0 Å². The predicted molar refractivity (Wildman–Crippen MR) is 104 cm³/mol. The Bertz CT molecular complexity index is 685. The summed E-state index contributed by atoms with van der Waals surface area (Å²) in [5.74, 6) is 1.69. The smallest absolute Gasteiger partial charge is 0.127 e. The third-order valence-electron chi connectivity index (χ3n) is 4.68. The van der Waals surface area contributed by atoms with E-state index < -0.39 is 0 Å². The SMILES string of the molecule is COc1ccc(C(c2ccc(SC)cc2)N2CCNCC2)c(OC)c1. The Kier molecular flexibility index (Phi) is 6.24. The molecule has 5 heteroatoms. The Morgan fingerprint density at radius 3 is 2.32 bits per heavy atom. The normalized spacial score (nSPS) is 16.4. The first-order valence-corrected chi connectivity index (χ1v) is 9.80. The van der Waals surface area contributed by atoms with Crippen LogP contribution in [0.5, 0.6) is 11.5 Å². The average Bonchev–Trinajstić information content (AvgIpc) is 2.69. The lowest BCUT2D eigenvalue weighted by Crippen LogP contribution is -2.45. The number of benzene rings is 2. The molecule has 0 radical (unpaired) electrons. The largest absolute Gasteiger partial charge is 0.497 e. The molecule has 1 aliphatic heterocycles. The molecule has 25 heavy (non-hydrogen) atoms. The lowest BCUT2D eigenvalue weighted by atomic mass is 9.95. The molecule has 3 rings (SSSR count). The van der Waals surface area contributed by atoms with Crippen LogP contribution in [0.4, 0.5) is 0 Å². The van der Waals surface area contributed by atoms with Crippen molar-refractivity contribution in [2.75, 3.05) is 46.7 Å². The molecule has 0 amide bonds. The van der Waals surface area contributed by atoms with E-state index in [9.17, 15) is 0 Å². The standard InChI is InChI=1S/C20H26N2O2S/c1-23-16-6-9-18(19(14-16)24-2)20(22-12-10-21-11-13-22)15-4-7-17(25-3)8-5-15/h4-9,14,20-21H,10-13H2,1-3H3. The van der Waals surface area contributed by atoms with E-state index in [4.69, 9.17) is 9.47 Å². The van der Waals surface area contributed by atoms with E-state index in [0.29, 0.717) is 0 Å². The molecule has 1 fully saturated rings. The van der Waals surface area contributed by atoms with Gasteiger partial charge in [-0.05, 0) is 36.1 Å². The first-order valence-electron chi connectivity index (χ1n) is 8.57. The minimum Gasteiger partial charge on any atom is -0.497 e. The van der Waals surface area contributed by atoms with Crippen LogP contribution in [0.3, 0.4) is 0 Å². The molecule has 2 aromatic rings. The van der Waals surface area contributed by atoms with Crippen LogP contribution in [-0.2, 0) is 0 Å². The van der Waals surface area contributed by atoms with E-state index >= 15 is 0 Å². The van der Waals surface area contributed by atoms with Crippen molar-refractivity contribution < 1.29 is 9.47 Å². The molecule has 134 valence electrons. The van der Waals surface area contributed by atoms with Gasteiger partial charge in [0, 0.05) is 42.7 Å². The van der Waals surface area contributed by atoms with Crippen LogP contribution >= 0.6 is 11.8 Å². The molecule has 1 N–H and O–H groups in total. The number of rotatable bonds is 6. The fourth-order valence-electron chi connectivity index (χ4n) is 3.36. The second-order valence-electron chi connectivity index (χ2n) is 6.07. The zero-order valence-electron chi connectivity index (χ0n) is 15.1. The van der Waals surface area contributed by atoms with Crippen LogP contribution < -0.4 is 14.8 Å². The third-order valence-corrected chi connectivity index (χ3v) is 5.43. The summed E-state index contributed by atoms with van der Waals surface area (Å²) in [5, 5.41) is 3.44. The molecule has 0 spiro atoms. The summed E-state index contributed by atoms with van der Waals surface area (Å²) in [5.41, 5.74) is 2.48. The highest BCUT2D eigenvalue weighted by Gasteiger charge is 2.26. The molecule has 0 aliphatic carbocycles. The molecule has 1 aliphatic rings. The van der Waals surface area contributed by atoms with Gasteiger partial charge in [0.1, 0.15) is 11.5 Å². The van der Waals surface area contributed by atoms with Gasteiger partial charge < -0.3 is 14.8 Å². The summed E-state index contributed by atoms with van der Waals surface area (Å²) in [6.07, 6.45) is 2.11. The fraction of sp³-hybridized carbons (Fsp3) is 0.400. The summed E-state index contributed by atoms with van der Waals surface area (Å²) in [6.45, 7) is 4.06. The zero-order valence-corrected chi connectivity index (χ0v) is 15.9. The molecular weight excluding hydrogens is 332 g/mol. The van der Waals surface area contributed by atoms with Gasteiger partial charge >= 0.3 is 0 Å². The highest BCUT2D eigenvalue weighted by Crippen LogP contribution is 2.37. The van der Waals surface area contributed by atoms with Gasteiger partial charge in [-0.1, -0.05) is 12.1 Å².